The number of piperazine rings is 1. The van der Waals surface area contributed by atoms with E-state index in [1.54, 1.807) is 0 Å². The molecular formula is C30H39N7O2. The van der Waals surface area contributed by atoms with Crippen molar-refractivity contribution < 1.29 is 9.90 Å². The molecule has 1 fully saturated rings. The van der Waals surface area contributed by atoms with Gasteiger partial charge in [0.1, 0.15) is 6.23 Å². The predicted molar refractivity (Wildman–Crippen MR) is 156 cm³/mol. The molecule has 1 atom stereocenters. The number of anilines is 1. The van der Waals surface area contributed by atoms with E-state index in [1.165, 1.54) is 0 Å². The molecule has 0 radical (unpaired) electrons. The zero-order valence-corrected chi connectivity index (χ0v) is 23.7. The maximum atomic E-state index is 13.7. The van der Waals surface area contributed by atoms with Crippen LogP contribution in [-0.2, 0) is 0 Å². The highest BCUT2D eigenvalue weighted by Gasteiger charge is 2.22. The van der Waals surface area contributed by atoms with E-state index in [1.807, 2.05) is 45.3 Å². The van der Waals surface area contributed by atoms with Crippen LogP contribution in [0.2, 0.25) is 0 Å². The summed E-state index contributed by atoms with van der Waals surface area (Å²) in [5.74, 6) is 0.556. The highest BCUT2D eigenvalue weighted by Crippen LogP contribution is 2.33. The van der Waals surface area contributed by atoms with E-state index in [-0.39, 0.29) is 18.5 Å². The number of rotatable bonds is 6. The van der Waals surface area contributed by atoms with Crippen molar-refractivity contribution in [3.8, 4) is 11.1 Å². The van der Waals surface area contributed by atoms with Crippen LogP contribution >= 0.6 is 0 Å². The molecule has 4 heterocycles. The van der Waals surface area contributed by atoms with Crippen LogP contribution in [0.1, 0.15) is 49.7 Å². The number of allylic oxidation sites excluding steroid dienone is 3. The molecule has 0 spiro atoms. The van der Waals surface area contributed by atoms with Crippen molar-refractivity contribution in [3.05, 3.63) is 64.8 Å². The van der Waals surface area contributed by atoms with Gasteiger partial charge in [-0.3, -0.25) is 4.79 Å². The van der Waals surface area contributed by atoms with Crippen LogP contribution in [0.4, 0.5) is 5.95 Å². The summed E-state index contributed by atoms with van der Waals surface area (Å²) >= 11 is 0. The fourth-order valence-corrected chi connectivity index (χ4v) is 5.48. The standard InChI is InChI=1S/C30H39N7O2/c1-18(2)37-17-20(4)27-24(28(38)31-16-25-19(3)11-21(5)34-29(25)39)12-22(13-26(27)37)23-14-32-30(33-15-23)36-9-7-35(6)8-10-36/h11-15,17-18,29,34,39H,7-10,16H2,1-6H3,(H,31,38). The van der Waals surface area contributed by atoms with Crippen molar-refractivity contribution in [1.29, 1.82) is 0 Å². The zero-order valence-electron chi connectivity index (χ0n) is 23.7. The summed E-state index contributed by atoms with van der Waals surface area (Å²) in [5, 5.41) is 17.5. The van der Waals surface area contributed by atoms with Crippen LogP contribution < -0.4 is 15.5 Å². The Hall–Kier alpha value is -3.69. The molecule has 0 saturated carbocycles. The second-order valence-corrected chi connectivity index (χ2v) is 11.1. The van der Waals surface area contributed by atoms with E-state index in [0.717, 1.165) is 76.6 Å². The number of hydrogen-bond donors (Lipinski definition) is 3. The minimum Gasteiger partial charge on any atom is -0.370 e. The van der Waals surface area contributed by atoms with Gasteiger partial charge < -0.3 is 30.1 Å². The lowest BCUT2D eigenvalue weighted by Crippen LogP contribution is -2.45. The first kappa shape index (κ1) is 26.9. The van der Waals surface area contributed by atoms with E-state index in [9.17, 15) is 9.90 Å². The van der Waals surface area contributed by atoms with E-state index in [0.29, 0.717) is 5.56 Å². The Morgan fingerprint density at radius 1 is 1.10 bits per heavy atom. The van der Waals surface area contributed by atoms with Gasteiger partial charge in [-0.25, -0.2) is 9.97 Å². The number of aliphatic hydroxyl groups excluding tert-OH is 1. The molecule has 2 aliphatic rings. The van der Waals surface area contributed by atoms with Gasteiger partial charge in [0.05, 0.1) is 0 Å². The Morgan fingerprint density at radius 2 is 1.79 bits per heavy atom. The molecule has 3 aromatic rings. The minimum absolute atomic E-state index is 0.180. The lowest BCUT2D eigenvalue weighted by Gasteiger charge is -2.32. The first-order valence-electron chi connectivity index (χ1n) is 13.6. The van der Waals surface area contributed by atoms with Crippen LogP contribution in [0, 0.1) is 6.92 Å². The summed E-state index contributed by atoms with van der Waals surface area (Å²) in [6.45, 7) is 14.2. The van der Waals surface area contributed by atoms with E-state index in [4.69, 9.17) is 0 Å². The molecule has 2 aliphatic heterocycles. The number of nitrogens with one attached hydrogen (secondary N) is 2. The van der Waals surface area contributed by atoms with Crippen molar-refractivity contribution in [2.75, 3.05) is 44.7 Å². The molecule has 2 aromatic heterocycles. The smallest absolute Gasteiger partial charge is 0.252 e. The molecule has 0 aliphatic carbocycles. The second-order valence-electron chi connectivity index (χ2n) is 11.1. The third-order valence-corrected chi connectivity index (χ3v) is 7.75. The fraction of sp³-hybridized carbons (Fsp3) is 0.433. The molecule has 9 heteroatoms. The van der Waals surface area contributed by atoms with Crippen LogP contribution in [0.15, 0.2) is 53.6 Å². The highest BCUT2D eigenvalue weighted by molar-refractivity contribution is 6.09. The maximum absolute atomic E-state index is 13.7. The Kier molecular flexibility index (Phi) is 7.46. The number of dihydropyridines is 1. The predicted octanol–water partition coefficient (Wildman–Crippen LogP) is 3.61. The molecule has 3 N–H and O–H groups in total. The summed E-state index contributed by atoms with van der Waals surface area (Å²) in [6, 6.07) is 4.29. The molecule has 0 bridgehead atoms. The van der Waals surface area contributed by atoms with Crippen molar-refractivity contribution >= 4 is 22.8 Å². The number of aliphatic hydroxyl groups is 1. The van der Waals surface area contributed by atoms with E-state index in [2.05, 4.69) is 68.1 Å². The van der Waals surface area contributed by atoms with Crippen molar-refractivity contribution in [3.63, 3.8) is 0 Å². The van der Waals surface area contributed by atoms with Gasteiger partial charge in [-0.1, -0.05) is 0 Å². The Balaban J connectivity index is 1.49. The molecule has 1 aromatic carbocycles. The fourth-order valence-electron chi connectivity index (χ4n) is 5.48. The number of amides is 1. The first-order valence-corrected chi connectivity index (χ1v) is 13.6. The Labute approximate surface area is 230 Å². The van der Waals surface area contributed by atoms with Crippen molar-refractivity contribution in [1.82, 2.24) is 30.1 Å². The van der Waals surface area contributed by atoms with Gasteiger partial charge >= 0.3 is 0 Å². The monoisotopic (exact) mass is 529 g/mol. The lowest BCUT2D eigenvalue weighted by molar-refractivity contribution is 0.0954. The quantitative estimate of drug-likeness (QED) is 0.449. The molecule has 206 valence electrons. The second kappa shape index (κ2) is 10.8. The maximum Gasteiger partial charge on any atom is 0.252 e. The normalized spacial score (nSPS) is 18.5. The Bertz CT molecular complexity index is 1440. The topological polar surface area (TPSA) is 98.6 Å². The van der Waals surface area contributed by atoms with E-state index >= 15 is 0 Å². The van der Waals surface area contributed by atoms with Gasteiger partial charge in [0, 0.05) is 90.7 Å². The molecular weight excluding hydrogens is 490 g/mol. The van der Waals surface area contributed by atoms with Gasteiger partial charge in [0.2, 0.25) is 5.95 Å². The average Bonchev–Trinajstić information content (AvgIpc) is 3.24. The van der Waals surface area contributed by atoms with Gasteiger partial charge in [-0.15, -0.1) is 0 Å². The number of aromatic nitrogens is 3. The molecule has 9 nitrogen and oxygen atoms in total. The minimum atomic E-state index is -0.818. The first-order chi connectivity index (χ1) is 18.6. The zero-order chi connectivity index (χ0) is 27.8. The summed E-state index contributed by atoms with van der Waals surface area (Å²) in [5.41, 5.74) is 7.02. The number of hydrogen-bond acceptors (Lipinski definition) is 7. The lowest BCUT2D eigenvalue weighted by atomic mass is 9.99. The summed E-state index contributed by atoms with van der Waals surface area (Å²) in [4.78, 5) is 27.6. The van der Waals surface area contributed by atoms with Gasteiger partial charge in [-0.05, 0) is 76.6 Å². The third-order valence-electron chi connectivity index (χ3n) is 7.75. The molecule has 39 heavy (non-hydrogen) atoms. The number of fused-ring (bicyclic) bond motifs is 1. The average molecular weight is 530 g/mol. The Morgan fingerprint density at radius 3 is 2.44 bits per heavy atom. The van der Waals surface area contributed by atoms with Gasteiger partial charge in [-0.2, -0.15) is 0 Å². The largest absolute Gasteiger partial charge is 0.370 e. The number of benzene rings is 1. The van der Waals surface area contributed by atoms with Crippen LogP contribution in [0.5, 0.6) is 0 Å². The van der Waals surface area contributed by atoms with Crippen molar-refractivity contribution in [2.45, 2.75) is 46.9 Å². The van der Waals surface area contributed by atoms with E-state index < -0.39 is 6.23 Å². The van der Waals surface area contributed by atoms with Crippen LogP contribution in [-0.4, -0.2) is 76.4 Å². The highest BCUT2D eigenvalue weighted by atomic mass is 16.3. The SMILES string of the molecule is CC1=CC(C)=C(CNC(=O)c2cc(-c3cnc(N4CCN(C)CC4)nc3)cc3c2c(C)cn3C(C)C)C(O)N1. The summed E-state index contributed by atoms with van der Waals surface area (Å²) < 4.78 is 2.21. The van der Waals surface area contributed by atoms with Gasteiger partial charge in [0.25, 0.3) is 5.91 Å². The summed E-state index contributed by atoms with van der Waals surface area (Å²) in [7, 11) is 2.13. The number of aryl methyl sites for hydroxylation is 1. The molecule has 5 rings (SSSR count). The number of likely N-dealkylation sites (N-methyl/N-ethyl adjacent to an activating group) is 1. The number of carbonyl (C=O) groups is 1. The third kappa shape index (κ3) is 5.42. The van der Waals surface area contributed by atoms with Crippen molar-refractivity contribution in [2.24, 2.45) is 0 Å². The molecule has 1 unspecified atom stereocenters. The number of nitrogens with zero attached hydrogens (tertiary/aromatic N) is 5. The van der Waals surface area contributed by atoms with Crippen LogP contribution in [0.3, 0.4) is 0 Å². The summed E-state index contributed by atoms with van der Waals surface area (Å²) in [6.07, 6.45) is 6.97. The molecule has 1 amide bonds. The molecule has 1 saturated heterocycles. The number of carbonyl (C=O) groups excluding carboxylic acids is 1. The van der Waals surface area contributed by atoms with Gasteiger partial charge in [0.15, 0.2) is 0 Å². The van der Waals surface area contributed by atoms with Crippen LogP contribution in [0.25, 0.3) is 22.0 Å².